The van der Waals surface area contributed by atoms with E-state index in [0.29, 0.717) is 16.3 Å². The third-order valence-electron chi connectivity index (χ3n) is 2.58. The SMILES string of the molecule is Cc1ccc(NC(=O)c2csc(C#CCO)c2)cc1Cl. The standard InChI is InChI=1S/C15H12ClNO2S/c1-10-4-5-12(8-14(10)16)17-15(19)11-7-13(20-9-11)3-2-6-18/h4-5,7-9,18H,6H2,1H3,(H,17,19). The Morgan fingerprint density at radius 2 is 2.25 bits per heavy atom. The number of rotatable bonds is 2. The minimum absolute atomic E-state index is 0.193. The molecule has 5 heteroatoms. The highest BCUT2D eigenvalue weighted by Crippen LogP contribution is 2.21. The molecule has 2 rings (SSSR count). The summed E-state index contributed by atoms with van der Waals surface area (Å²) in [6.45, 7) is 1.71. The molecule has 0 aliphatic carbocycles. The number of thiophene rings is 1. The van der Waals surface area contributed by atoms with Crippen molar-refractivity contribution in [3.63, 3.8) is 0 Å². The van der Waals surface area contributed by atoms with Crippen molar-refractivity contribution in [1.82, 2.24) is 0 Å². The highest BCUT2D eigenvalue weighted by atomic mass is 35.5. The lowest BCUT2D eigenvalue weighted by molar-refractivity contribution is 0.102. The number of halogens is 1. The van der Waals surface area contributed by atoms with Crippen LogP contribution in [0.15, 0.2) is 29.6 Å². The van der Waals surface area contributed by atoms with Gasteiger partial charge in [-0.25, -0.2) is 0 Å². The largest absolute Gasteiger partial charge is 0.384 e. The Balaban J connectivity index is 2.11. The van der Waals surface area contributed by atoms with Crippen LogP contribution in [-0.2, 0) is 0 Å². The first-order chi connectivity index (χ1) is 9.60. The lowest BCUT2D eigenvalue weighted by atomic mass is 10.2. The summed E-state index contributed by atoms with van der Waals surface area (Å²) in [6.07, 6.45) is 0. The Morgan fingerprint density at radius 1 is 1.45 bits per heavy atom. The molecular weight excluding hydrogens is 294 g/mol. The topological polar surface area (TPSA) is 49.3 Å². The van der Waals surface area contributed by atoms with Crippen molar-refractivity contribution in [2.45, 2.75) is 6.92 Å². The van der Waals surface area contributed by atoms with Gasteiger partial charge in [0.1, 0.15) is 6.61 Å². The number of nitrogens with one attached hydrogen (secondary N) is 1. The summed E-state index contributed by atoms with van der Waals surface area (Å²) in [5.41, 5.74) is 2.15. The van der Waals surface area contributed by atoms with Gasteiger partial charge in [0.15, 0.2) is 0 Å². The van der Waals surface area contributed by atoms with Gasteiger partial charge in [-0.1, -0.05) is 29.5 Å². The third kappa shape index (κ3) is 3.61. The van der Waals surface area contributed by atoms with Crippen molar-refractivity contribution in [2.24, 2.45) is 0 Å². The molecule has 1 aromatic heterocycles. The fourth-order valence-electron chi connectivity index (χ4n) is 1.52. The molecule has 0 bridgehead atoms. The normalized spacial score (nSPS) is 9.75. The Bertz CT molecular complexity index is 697. The van der Waals surface area contributed by atoms with Crippen molar-refractivity contribution >= 4 is 34.5 Å². The maximum absolute atomic E-state index is 12.1. The van der Waals surface area contributed by atoms with Gasteiger partial charge >= 0.3 is 0 Å². The van der Waals surface area contributed by atoms with Crippen LogP contribution in [0.2, 0.25) is 5.02 Å². The minimum atomic E-state index is -0.210. The molecule has 0 unspecified atom stereocenters. The molecule has 2 N–H and O–H groups in total. The fraction of sp³-hybridized carbons (Fsp3) is 0.133. The van der Waals surface area contributed by atoms with Gasteiger partial charge in [0, 0.05) is 16.1 Å². The van der Waals surface area contributed by atoms with E-state index in [-0.39, 0.29) is 12.5 Å². The van der Waals surface area contributed by atoms with Crippen LogP contribution >= 0.6 is 22.9 Å². The van der Waals surface area contributed by atoms with Crippen LogP contribution in [-0.4, -0.2) is 17.6 Å². The van der Waals surface area contributed by atoms with Gasteiger partial charge in [0.05, 0.1) is 10.4 Å². The first-order valence-electron chi connectivity index (χ1n) is 5.86. The number of anilines is 1. The minimum Gasteiger partial charge on any atom is -0.384 e. The molecule has 0 fully saturated rings. The van der Waals surface area contributed by atoms with E-state index in [1.54, 1.807) is 23.6 Å². The quantitative estimate of drug-likeness (QED) is 0.836. The van der Waals surface area contributed by atoms with Crippen molar-refractivity contribution in [2.75, 3.05) is 11.9 Å². The van der Waals surface area contributed by atoms with Gasteiger partial charge in [0.25, 0.3) is 5.91 Å². The van der Waals surface area contributed by atoms with E-state index < -0.39 is 0 Å². The Kier molecular flexibility index (Phi) is 4.80. The zero-order chi connectivity index (χ0) is 14.5. The first-order valence-corrected chi connectivity index (χ1v) is 7.11. The van der Waals surface area contributed by atoms with Gasteiger partial charge in [-0.15, -0.1) is 11.3 Å². The molecule has 0 radical (unpaired) electrons. The number of benzene rings is 1. The zero-order valence-electron chi connectivity index (χ0n) is 10.7. The summed E-state index contributed by atoms with van der Waals surface area (Å²) >= 11 is 7.38. The number of hydrogen-bond acceptors (Lipinski definition) is 3. The Hall–Kier alpha value is -1.80. The molecule has 2 aromatic rings. The molecule has 0 saturated carbocycles. The zero-order valence-corrected chi connectivity index (χ0v) is 12.3. The smallest absolute Gasteiger partial charge is 0.256 e. The number of hydrogen-bond donors (Lipinski definition) is 2. The van der Waals surface area contributed by atoms with Crippen LogP contribution in [0.3, 0.4) is 0 Å². The van der Waals surface area contributed by atoms with Crippen molar-refractivity contribution in [3.05, 3.63) is 50.7 Å². The summed E-state index contributed by atoms with van der Waals surface area (Å²) in [5, 5.41) is 13.7. The predicted molar refractivity (Wildman–Crippen MR) is 82.4 cm³/mol. The number of aliphatic hydroxyl groups excluding tert-OH is 1. The molecule has 1 amide bonds. The van der Waals surface area contributed by atoms with Gasteiger partial charge in [0.2, 0.25) is 0 Å². The van der Waals surface area contributed by atoms with Crippen molar-refractivity contribution in [3.8, 4) is 11.8 Å². The fourth-order valence-corrected chi connectivity index (χ4v) is 2.46. The molecule has 102 valence electrons. The van der Waals surface area contributed by atoms with E-state index in [9.17, 15) is 4.79 Å². The van der Waals surface area contributed by atoms with Gasteiger partial charge < -0.3 is 10.4 Å². The summed E-state index contributed by atoms with van der Waals surface area (Å²) in [7, 11) is 0. The molecule has 3 nitrogen and oxygen atoms in total. The maximum Gasteiger partial charge on any atom is 0.256 e. The second-order valence-corrected chi connectivity index (χ2v) is 5.40. The first kappa shape index (κ1) is 14.6. The van der Waals surface area contributed by atoms with Crippen LogP contribution in [0.1, 0.15) is 20.8 Å². The summed E-state index contributed by atoms with van der Waals surface area (Å²) in [6, 6.07) is 7.06. The number of carbonyl (C=O) groups is 1. The summed E-state index contributed by atoms with van der Waals surface area (Å²) in [5.74, 6) is 5.10. The molecule has 0 atom stereocenters. The molecule has 0 aliphatic rings. The second-order valence-electron chi connectivity index (χ2n) is 4.08. The Labute approximate surface area is 126 Å². The molecule has 1 aromatic carbocycles. The van der Waals surface area contributed by atoms with Crippen LogP contribution in [0.4, 0.5) is 5.69 Å². The number of amides is 1. The molecular formula is C15H12ClNO2S. The third-order valence-corrected chi connectivity index (χ3v) is 3.83. The molecule has 1 heterocycles. The number of aliphatic hydroxyl groups is 1. The van der Waals surface area contributed by atoms with E-state index in [4.69, 9.17) is 16.7 Å². The highest BCUT2D eigenvalue weighted by molar-refractivity contribution is 7.10. The van der Waals surface area contributed by atoms with E-state index in [2.05, 4.69) is 17.2 Å². The average molecular weight is 306 g/mol. The van der Waals surface area contributed by atoms with Gasteiger partial charge in [-0.3, -0.25) is 4.79 Å². The predicted octanol–water partition coefficient (Wildman–Crippen LogP) is 3.31. The van der Waals surface area contributed by atoms with Crippen molar-refractivity contribution in [1.29, 1.82) is 0 Å². The summed E-state index contributed by atoms with van der Waals surface area (Å²) < 4.78 is 0. The van der Waals surface area contributed by atoms with Crippen LogP contribution in [0.5, 0.6) is 0 Å². The van der Waals surface area contributed by atoms with E-state index >= 15 is 0 Å². The second kappa shape index (κ2) is 6.58. The molecule has 20 heavy (non-hydrogen) atoms. The van der Waals surface area contributed by atoms with Crippen molar-refractivity contribution < 1.29 is 9.90 Å². The lowest BCUT2D eigenvalue weighted by Crippen LogP contribution is -2.10. The number of aryl methyl sites for hydroxylation is 1. The van der Waals surface area contributed by atoms with Crippen LogP contribution < -0.4 is 5.32 Å². The Morgan fingerprint density at radius 3 is 2.95 bits per heavy atom. The monoisotopic (exact) mass is 305 g/mol. The molecule has 0 spiro atoms. The van der Waals surface area contributed by atoms with Crippen LogP contribution in [0.25, 0.3) is 0 Å². The van der Waals surface area contributed by atoms with Crippen LogP contribution in [0, 0.1) is 18.8 Å². The molecule has 0 aliphatic heterocycles. The van der Waals surface area contributed by atoms with Gasteiger partial charge in [-0.05, 0) is 30.7 Å². The summed E-state index contributed by atoms with van der Waals surface area (Å²) in [4.78, 5) is 12.8. The average Bonchev–Trinajstić information content (AvgIpc) is 2.89. The maximum atomic E-state index is 12.1. The van der Waals surface area contributed by atoms with Gasteiger partial charge in [-0.2, -0.15) is 0 Å². The molecule has 0 saturated heterocycles. The van der Waals surface area contributed by atoms with E-state index in [1.165, 1.54) is 11.3 Å². The highest BCUT2D eigenvalue weighted by Gasteiger charge is 2.09. The van der Waals surface area contributed by atoms with E-state index in [0.717, 1.165) is 10.4 Å². The number of carbonyl (C=O) groups excluding carboxylic acids is 1. The van der Waals surface area contributed by atoms with E-state index in [1.807, 2.05) is 13.0 Å². The lowest BCUT2D eigenvalue weighted by Gasteiger charge is -2.05.